The quantitative estimate of drug-likeness (QED) is 0.666. The van der Waals surface area contributed by atoms with Gasteiger partial charge in [0.25, 0.3) is 0 Å². The Hall–Kier alpha value is -2.49. The number of β-amino-alcohol motifs (C(OH)–C–C–N with tert-alkyl or cyclic N) is 1. The van der Waals surface area contributed by atoms with E-state index in [1.807, 2.05) is 20.8 Å². The van der Waals surface area contributed by atoms with Crippen molar-refractivity contribution >= 4 is 10.9 Å². The van der Waals surface area contributed by atoms with E-state index in [1.54, 1.807) is 18.2 Å². The Bertz CT molecular complexity index is 815. The van der Waals surface area contributed by atoms with Crippen LogP contribution in [0.4, 0.5) is 0 Å². The Kier molecular flexibility index (Phi) is 6.07. The lowest BCUT2D eigenvalue weighted by Gasteiger charge is -2.23. The summed E-state index contributed by atoms with van der Waals surface area (Å²) in [6, 6.07) is 6.49. The number of terminal acetylenes is 1. The largest absolute Gasteiger partial charge is 0.490 e. The minimum atomic E-state index is -0.658. The van der Waals surface area contributed by atoms with Crippen molar-refractivity contribution in [1.29, 1.82) is 0 Å². The van der Waals surface area contributed by atoms with Crippen LogP contribution in [-0.4, -0.2) is 41.5 Å². The van der Waals surface area contributed by atoms with Crippen LogP contribution in [0, 0.1) is 12.3 Å². The van der Waals surface area contributed by atoms with E-state index in [1.165, 1.54) is 6.07 Å². The summed E-state index contributed by atoms with van der Waals surface area (Å²) in [6.45, 7) is 6.73. The summed E-state index contributed by atoms with van der Waals surface area (Å²) in [4.78, 5) is 14.4. The second-order valence-corrected chi connectivity index (χ2v) is 6.76. The highest BCUT2D eigenvalue weighted by Gasteiger charge is 2.14. The molecule has 0 fully saturated rings. The van der Waals surface area contributed by atoms with Gasteiger partial charge in [0.2, 0.25) is 5.56 Å². The van der Waals surface area contributed by atoms with E-state index in [2.05, 4.69) is 16.2 Å². The molecule has 0 saturated heterocycles. The number of pyridine rings is 1. The minimum Gasteiger partial charge on any atom is -0.490 e. The molecule has 3 N–H and O–H groups in total. The van der Waals surface area contributed by atoms with Crippen LogP contribution in [0.3, 0.4) is 0 Å². The molecule has 0 aliphatic carbocycles. The summed E-state index contributed by atoms with van der Waals surface area (Å²) >= 11 is 0. The Morgan fingerprint density at radius 2 is 1.96 bits per heavy atom. The van der Waals surface area contributed by atoms with Crippen molar-refractivity contribution in [3.8, 4) is 23.8 Å². The zero-order valence-corrected chi connectivity index (χ0v) is 14.8. The molecular formula is C19H24N2O4. The number of aromatic amines is 1. The predicted octanol–water partition coefficient (Wildman–Crippen LogP) is 1.67. The minimum absolute atomic E-state index is 0.0802. The lowest BCUT2D eigenvalue weighted by atomic mass is 10.1. The first-order chi connectivity index (χ1) is 11.8. The monoisotopic (exact) mass is 344 g/mol. The molecule has 1 aromatic carbocycles. The molecule has 0 aliphatic rings. The molecule has 2 aromatic rings. The molecule has 0 spiro atoms. The summed E-state index contributed by atoms with van der Waals surface area (Å²) in [5, 5.41) is 14.0. The molecule has 1 atom stereocenters. The molecule has 25 heavy (non-hydrogen) atoms. The number of aliphatic hydroxyl groups is 1. The number of H-pyrrole nitrogens is 1. The zero-order chi connectivity index (χ0) is 18.4. The van der Waals surface area contributed by atoms with Gasteiger partial charge in [-0.1, -0.05) is 5.92 Å². The normalized spacial score (nSPS) is 12.6. The summed E-state index contributed by atoms with van der Waals surface area (Å²) in [5.41, 5.74) is 0.190. The highest BCUT2D eigenvalue weighted by Crippen LogP contribution is 2.31. The highest BCUT2D eigenvalue weighted by molar-refractivity contribution is 5.89. The predicted molar refractivity (Wildman–Crippen MR) is 98.2 cm³/mol. The van der Waals surface area contributed by atoms with Gasteiger partial charge in [-0.2, -0.15) is 0 Å². The Balaban J connectivity index is 2.16. The number of aromatic nitrogens is 1. The van der Waals surface area contributed by atoms with Crippen LogP contribution < -0.4 is 20.3 Å². The van der Waals surface area contributed by atoms with Gasteiger partial charge in [0.05, 0.1) is 5.52 Å². The molecule has 1 unspecified atom stereocenters. The van der Waals surface area contributed by atoms with Gasteiger partial charge in [-0.05, 0) is 39.0 Å². The van der Waals surface area contributed by atoms with Crippen molar-refractivity contribution in [2.24, 2.45) is 0 Å². The molecule has 2 rings (SSSR count). The van der Waals surface area contributed by atoms with Crippen LogP contribution >= 0.6 is 0 Å². The van der Waals surface area contributed by atoms with Crippen molar-refractivity contribution in [2.75, 3.05) is 19.8 Å². The number of nitrogens with one attached hydrogen (secondary N) is 2. The van der Waals surface area contributed by atoms with Crippen LogP contribution in [0.2, 0.25) is 0 Å². The molecule has 0 bridgehead atoms. The number of hydrogen-bond donors (Lipinski definition) is 3. The maximum absolute atomic E-state index is 11.6. The number of ether oxygens (including phenoxy) is 2. The van der Waals surface area contributed by atoms with E-state index in [0.717, 1.165) is 0 Å². The van der Waals surface area contributed by atoms with Gasteiger partial charge < -0.3 is 24.9 Å². The SMILES string of the molecule is C#CCOc1ccc(OCC(O)CNC(C)(C)C)c2ccc(=O)[nH]c12. The van der Waals surface area contributed by atoms with E-state index in [-0.39, 0.29) is 24.3 Å². The van der Waals surface area contributed by atoms with Gasteiger partial charge in [-0.25, -0.2) is 0 Å². The van der Waals surface area contributed by atoms with Gasteiger partial charge in [-0.15, -0.1) is 6.42 Å². The maximum atomic E-state index is 11.6. The van der Waals surface area contributed by atoms with Gasteiger partial charge in [-0.3, -0.25) is 4.79 Å². The lowest BCUT2D eigenvalue weighted by molar-refractivity contribution is 0.101. The molecule has 134 valence electrons. The van der Waals surface area contributed by atoms with E-state index >= 15 is 0 Å². The van der Waals surface area contributed by atoms with Gasteiger partial charge in [0.15, 0.2) is 0 Å². The zero-order valence-electron chi connectivity index (χ0n) is 14.8. The van der Waals surface area contributed by atoms with Crippen molar-refractivity contribution < 1.29 is 14.6 Å². The second-order valence-electron chi connectivity index (χ2n) is 6.76. The fourth-order valence-corrected chi connectivity index (χ4v) is 2.23. The average molecular weight is 344 g/mol. The third-order valence-electron chi connectivity index (χ3n) is 3.43. The first-order valence-corrected chi connectivity index (χ1v) is 8.08. The number of aliphatic hydroxyl groups excluding tert-OH is 1. The molecule has 0 radical (unpaired) electrons. The van der Waals surface area contributed by atoms with Crippen molar-refractivity contribution in [2.45, 2.75) is 32.4 Å². The topological polar surface area (TPSA) is 83.6 Å². The van der Waals surface area contributed by atoms with Gasteiger partial charge in [0.1, 0.15) is 30.8 Å². The van der Waals surface area contributed by atoms with Crippen molar-refractivity contribution in [3.05, 3.63) is 34.6 Å². The second kappa shape index (κ2) is 8.06. The molecule has 1 heterocycles. The average Bonchev–Trinajstić information content (AvgIpc) is 2.55. The highest BCUT2D eigenvalue weighted by atomic mass is 16.5. The molecule has 6 nitrogen and oxygen atoms in total. The summed E-state index contributed by atoms with van der Waals surface area (Å²) in [7, 11) is 0. The maximum Gasteiger partial charge on any atom is 0.248 e. The molecule has 0 aliphatic heterocycles. The van der Waals surface area contributed by atoms with E-state index < -0.39 is 6.10 Å². The van der Waals surface area contributed by atoms with Crippen LogP contribution in [0.25, 0.3) is 10.9 Å². The standard InChI is InChI=1S/C19H24N2O4/c1-5-10-24-16-8-7-15(14-6-9-17(23)21-18(14)16)25-12-13(22)11-20-19(2,3)4/h1,6-9,13,20,22H,10-12H2,2-4H3,(H,21,23). The van der Waals surface area contributed by atoms with Crippen LogP contribution in [-0.2, 0) is 0 Å². The van der Waals surface area contributed by atoms with Crippen LogP contribution in [0.5, 0.6) is 11.5 Å². The van der Waals surface area contributed by atoms with Crippen LogP contribution in [0.1, 0.15) is 20.8 Å². The van der Waals surface area contributed by atoms with Crippen molar-refractivity contribution in [1.82, 2.24) is 10.3 Å². The fraction of sp³-hybridized carbons (Fsp3) is 0.421. The molecule has 6 heteroatoms. The van der Waals surface area contributed by atoms with E-state index in [0.29, 0.717) is 28.9 Å². The Morgan fingerprint density at radius 3 is 2.64 bits per heavy atom. The number of benzene rings is 1. The molecule has 1 aromatic heterocycles. The third-order valence-corrected chi connectivity index (χ3v) is 3.43. The van der Waals surface area contributed by atoms with E-state index in [4.69, 9.17) is 15.9 Å². The fourth-order valence-electron chi connectivity index (χ4n) is 2.23. The summed E-state index contributed by atoms with van der Waals surface area (Å²) < 4.78 is 11.2. The van der Waals surface area contributed by atoms with Crippen LogP contribution in [0.15, 0.2) is 29.1 Å². The van der Waals surface area contributed by atoms with Gasteiger partial charge in [0, 0.05) is 23.5 Å². The summed E-state index contributed by atoms with van der Waals surface area (Å²) in [5.74, 6) is 3.42. The molecule has 0 saturated carbocycles. The molecule has 0 amide bonds. The van der Waals surface area contributed by atoms with Gasteiger partial charge >= 0.3 is 0 Å². The number of rotatable bonds is 7. The number of fused-ring (bicyclic) bond motifs is 1. The third kappa shape index (κ3) is 5.52. The Morgan fingerprint density at radius 1 is 1.24 bits per heavy atom. The summed E-state index contributed by atoms with van der Waals surface area (Å²) in [6.07, 6.45) is 4.56. The van der Waals surface area contributed by atoms with Crippen molar-refractivity contribution in [3.63, 3.8) is 0 Å². The van der Waals surface area contributed by atoms with E-state index in [9.17, 15) is 9.90 Å². The smallest absolute Gasteiger partial charge is 0.248 e. The first kappa shape index (κ1) is 18.8. The molecular weight excluding hydrogens is 320 g/mol. The Labute approximate surface area is 147 Å². The first-order valence-electron chi connectivity index (χ1n) is 8.08. The lowest BCUT2D eigenvalue weighted by Crippen LogP contribution is -2.42. The number of hydrogen-bond acceptors (Lipinski definition) is 5.